The molecule has 9 atom stereocenters. The number of ether oxygens (including phenoxy) is 5. The molecule has 68 heavy (non-hydrogen) atoms. The molecule has 0 aromatic heterocycles. The highest BCUT2D eigenvalue weighted by molar-refractivity contribution is 8.00. The summed E-state index contributed by atoms with van der Waals surface area (Å²) in [6, 6.07) is 2.42. The summed E-state index contributed by atoms with van der Waals surface area (Å²) in [7, 11) is 5.89. The number of rotatable bonds is 12. The van der Waals surface area contributed by atoms with Crippen molar-refractivity contribution < 1.29 is 62.4 Å². The van der Waals surface area contributed by atoms with Crippen LogP contribution in [-0.2, 0) is 54.1 Å². The van der Waals surface area contributed by atoms with Gasteiger partial charge in [0.1, 0.15) is 40.7 Å². The molecule has 374 valence electrons. The third-order valence-corrected chi connectivity index (χ3v) is 15.9. The van der Waals surface area contributed by atoms with E-state index in [4.69, 9.17) is 35.3 Å². The lowest BCUT2D eigenvalue weighted by atomic mass is 9.81. The maximum absolute atomic E-state index is 14.3. The summed E-state index contributed by atoms with van der Waals surface area (Å²) in [5.41, 5.74) is -1.15. The Morgan fingerprint density at radius 2 is 1.82 bits per heavy atom. The number of hydrogen-bond donors (Lipinski definition) is 4. The number of likely N-dealkylation sites (tertiary alicyclic amines) is 1. The van der Waals surface area contributed by atoms with Crippen LogP contribution in [0, 0.1) is 17.8 Å². The van der Waals surface area contributed by atoms with Crippen LogP contribution in [0.25, 0.3) is 0 Å². The zero-order valence-electron chi connectivity index (χ0n) is 39.8. The molecule has 1 aliphatic carbocycles. The number of epoxide rings is 1. The van der Waals surface area contributed by atoms with E-state index in [2.05, 4.69) is 22.9 Å². The van der Waals surface area contributed by atoms with Gasteiger partial charge in [0.25, 0.3) is 0 Å². The Bertz CT molecular complexity index is 2190. The lowest BCUT2D eigenvalue weighted by Gasteiger charge is -2.42. The summed E-state index contributed by atoms with van der Waals surface area (Å²) in [4.78, 5) is 97.0. The van der Waals surface area contributed by atoms with E-state index in [1.165, 1.54) is 54.7 Å². The molecule has 21 heteroatoms. The van der Waals surface area contributed by atoms with E-state index in [1.807, 2.05) is 13.0 Å². The third kappa shape index (κ3) is 11.8. The van der Waals surface area contributed by atoms with Crippen LogP contribution in [0.5, 0.6) is 5.75 Å². The van der Waals surface area contributed by atoms with E-state index in [1.54, 1.807) is 45.2 Å². The van der Waals surface area contributed by atoms with Crippen LogP contribution in [0.4, 0.5) is 10.5 Å². The largest absolute Gasteiger partial charge is 0.495 e. The molecule has 5 aliphatic rings. The number of fused-ring (bicyclic) bond motifs is 5. The van der Waals surface area contributed by atoms with Crippen molar-refractivity contribution >= 4 is 83.5 Å². The van der Waals surface area contributed by atoms with E-state index in [9.17, 15) is 38.7 Å². The number of thiol groups is 1. The molecule has 4 heterocycles. The molecular weight excluding hydrogens is 942 g/mol. The van der Waals surface area contributed by atoms with E-state index >= 15 is 0 Å². The number of hydrogen-bond acceptors (Lipinski definition) is 15. The molecule has 2 unspecified atom stereocenters. The van der Waals surface area contributed by atoms with Gasteiger partial charge in [0.15, 0.2) is 5.72 Å². The molecule has 6 amide bonds. The summed E-state index contributed by atoms with van der Waals surface area (Å²) < 4.78 is 31.8. The fraction of sp³-hybridized carbons (Fsp3) is 0.638. The monoisotopic (exact) mass is 1010 g/mol. The van der Waals surface area contributed by atoms with Crippen molar-refractivity contribution in [1.82, 2.24) is 19.8 Å². The smallest absolute Gasteiger partial charge is 0.409 e. The maximum atomic E-state index is 14.3. The predicted molar refractivity (Wildman–Crippen MR) is 256 cm³/mol. The van der Waals surface area contributed by atoms with Gasteiger partial charge in [-0.2, -0.15) is 0 Å². The number of nitrogens with zero attached hydrogens (tertiary/aromatic N) is 3. The van der Waals surface area contributed by atoms with E-state index in [-0.39, 0.29) is 66.0 Å². The van der Waals surface area contributed by atoms with Crippen molar-refractivity contribution in [2.75, 3.05) is 45.5 Å². The number of aliphatic hydroxyl groups is 1. The van der Waals surface area contributed by atoms with Gasteiger partial charge in [0, 0.05) is 64.6 Å². The van der Waals surface area contributed by atoms with Crippen molar-refractivity contribution in [1.29, 1.82) is 0 Å². The van der Waals surface area contributed by atoms with Crippen LogP contribution in [0.2, 0.25) is 5.02 Å². The SMILES string of the molecule is COc1cc2cc(c1Cl)N(C)C(=O)C[C@H](OC(=O)[C@H](C)N(C)C(=O)CCSC1CC(=O)N(C[C@H]3CC[C@H](C(=O)NS)CC3)C1=O)[C@]1(C)OC1[C@H](C)[C@@H]1C[C@@](O)(NC(=O)O1)[C@H](OC)/C=C/C=C(\C)C2. The molecule has 3 N–H and O–H groups in total. The average molecular weight is 1010 g/mol. The molecule has 6 rings (SSSR count). The first-order valence-corrected chi connectivity index (χ1v) is 24.8. The molecule has 3 saturated heterocycles. The van der Waals surface area contributed by atoms with E-state index < -0.39 is 76.8 Å². The number of thioether (sulfide) groups is 1. The molecule has 18 nitrogen and oxygen atoms in total. The number of benzene rings is 1. The topological polar surface area (TPSA) is 223 Å². The van der Waals surface area contributed by atoms with Crippen molar-refractivity contribution in [3.05, 3.63) is 46.5 Å². The Labute approximate surface area is 412 Å². The summed E-state index contributed by atoms with van der Waals surface area (Å²) in [6.45, 7) is 7.16. The second-order valence-electron chi connectivity index (χ2n) is 18.8. The summed E-state index contributed by atoms with van der Waals surface area (Å²) in [5, 5.41) is 13.9. The summed E-state index contributed by atoms with van der Waals surface area (Å²) >= 11 is 11.9. The second-order valence-corrected chi connectivity index (χ2v) is 20.7. The minimum atomic E-state index is -1.87. The van der Waals surface area contributed by atoms with Gasteiger partial charge < -0.3 is 43.3 Å². The number of likely N-dealkylation sites (N-methyl/N-ethyl adjacent to an activating group) is 1. The number of esters is 1. The number of nitrogens with one attached hydrogen (secondary N) is 2. The van der Waals surface area contributed by atoms with Gasteiger partial charge in [0.05, 0.1) is 30.6 Å². The second kappa shape index (κ2) is 22.2. The number of imide groups is 1. The average Bonchev–Trinajstić information content (AvgIpc) is 3.94. The Morgan fingerprint density at radius 1 is 1.12 bits per heavy atom. The normalized spacial score (nSPS) is 32.7. The number of anilines is 1. The maximum Gasteiger partial charge on any atom is 0.409 e. The fourth-order valence-electron chi connectivity index (χ4n) is 9.61. The van der Waals surface area contributed by atoms with E-state index in [0.717, 1.165) is 11.1 Å². The van der Waals surface area contributed by atoms with Gasteiger partial charge >= 0.3 is 12.1 Å². The highest BCUT2D eigenvalue weighted by Crippen LogP contribution is 2.49. The first-order chi connectivity index (χ1) is 32.1. The number of carbonyl (C=O) groups excluding carboxylic acids is 7. The van der Waals surface area contributed by atoms with Crippen LogP contribution in [0.15, 0.2) is 35.9 Å². The van der Waals surface area contributed by atoms with Gasteiger partial charge in [-0.25, -0.2) is 9.59 Å². The molecule has 4 aliphatic heterocycles. The number of halogens is 1. The minimum absolute atomic E-state index is 0.0254. The van der Waals surface area contributed by atoms with Gasteiger partial charge in [-0.3, -0.25) is 34.2 Å². The number of methoxy groups -OCH3 is 2. The van der Waals surface area contributed by atoms with Crippen molar-refractivity contribution in [2.24, 2.45) is 17.8 Å². The van der Waals surface area contributed by atoms with Crippen LogP contribution >= 0.6 is 36.2 Å². The molecule has 1 saturated carbocycles. The van der Waals surface area contributed by atoms with Gasteiger partial charge in [0.2, 0.25) is 29.5 Å². The predicted octanol–water partition coefficient (Wildman–Crippen LogP) is 4.53. The first kappa shape index (κ1) is 53.0. The van der Waals surface area contributed by atoms with Gasteiger partial charge in [-0.15, -0.1) is 11.8 Å². The molecule has 0 spiro atoms. The van der Waals surface area contributed by atoms with Crippen LogP contribution in [-0.4, -0.2) is 144 Å². The van der Waals surface area contributed by atoms with E-state index in [0.29, 0.717) is 50.1 Å². The Balaban J connectivity index is 1.15. The first-order valence-electron chi connectivity index (χ1n) is 22.9. The zero-order valence-corrected chi connectivity index (χ0v) is 42.2. The van der Waals surface area contributed by atoms with Gasteiger partial charge in [-0.1, -0.05) is 55.1 Å². The molecule has 1 aromatic carbocycles. The standard InChI is InChI=1S/C47H64ClN5O13S2/c1-25-10-9-11-35(63-8)47(61)23-33(64-45(60)49-47)26(2)41-46(4,66-41)36(22-38(55)52(6)31-19-29(18-25)20-32(62-7)40(31)48)65-44(59)27(3)51(5)37(54)16-17-68-34-21-39(56)53(43(34)58)24-28-12-14-30(15-13-28)42(57)50-67/h9-11,19-20,26-28,30,33-36,41,61,67H,12-18,21-24H2,1-8H3,(H,49,60)(H,50,57)/b11-9+,25-10+/t26-,27+,28-,30-,33+,34?,35-,36+,41?,46+,47+/m1/s1. The highest BCUT2D eigenvalue weighted by Gasteiger charge is 2.64. The number of carbonyl (C=O) groups is 7. The Kier molecular flexibility index (Phi) is 17.3. The minimum Gasteiger partial charge on any atom is -0.495 e. The lowest BCUT2D eigenvalue weighted by molar-refractivity contribution is -0.162. The van der Waals surface area contributed by atoms with Crippen LogP contribution in [0.1, 0.15) is 84.6 Å². The molecular formula is C47H64ClN5O13S2. The highest BCUT2D eigenvalue weighted by atomic mass is 35.5. The van der Waals surface area contributed by atoms with Crippen molar-refractivity contribution in [2.45, 2.75) is 133 Å². The summed E-state index contributed by atoms with van der Waals surface area (Å²) in [5.74, 6) is -2.45. The number of alkyl carbamates (subject to hydrolysis) is 1. The molecule has 1 aromatic rings. The molecule has 4 bridgehead atoms. The quantitative estimate of drug-likeness (QED) is 0.0979. The Morgan fingerprint density at radius 3 is 2.49 bits per heavy atom. The lowest BCUT2D eigenvalue weighted by Crippen LogP contribution is -2.63. The Hall–Kier alpha value is -4.34. The number of amides is 6. The number of allylic oxidation sites excluding steroid dienone is 3. The fourth-order valence-corrected chi connectivity index (χ4v) is 11.2. The molecule has 4 fully saturated rings. The summed E-state index contributed by atoms with van der Waals surface area (Å²) in [6.07, 6.45) is 3.19. The zero-order chi connectivity index (χ0) is 49.8. The third-order valence-electron chi connectivity index (χ3n) is 14.1. The molecule has 0 radical (unpaired) electrons. The van der Waals surface area contributed by atoms with Crippen molar-refractivity contribution in [3.8, 4) is 5.75 Å². The van der Waals surface area contributed by atoms with Gasteiger partial charge in [-0.05, 0) is 76.5 Å². The van der Waals surface area contributed by atoms with Crippen molar-refractivity contribution in [3.63, 3.8) is 0 Å². The van der Waals surface area contributed by atoms with Crippen LogP contribution in [0.3, 0.4) is 0 Å². The van der Waals surface area contributed by atoms with Crippen LogP contribution < -0.4 is 19.7 Å².